The van der Waals surface area contributed by atoms with E-state index in [0.29, 0.717) is 0 Å². The van der Waals surface area contributed by atoms with Crippen molar-refractivity contribution >= 4 is 5.90 Å². The summed E-state index contributed by atoms with van der Waals surface area (Å²) >= 11 is 0. The SMILES string of the molecule is COC(=N)c1ccc(OC)cc1CN1CCN(C)CC1. The minimum absolute atomic E-state index is 0.205. The Bertz CT molecular complexity index is 468. The van der Waals surface area contributed by atoms with Crippen LogP contribution in [0.25, 0.3) is 0 Å². The molecule has 1 heterocycles. The Morgan fingerprint density at radius 3 is 2.50 bits per heavy atom. The third-order valence-electron chi connectivity index (χ3n) is 3.75. The lowest BCUT2D eigenvalue weighted by molar-refractivity contribution is 0.148. The van der Waals surface area contributed by atoms with Gasteiger partial charge in [0.05, 0.1) is 14.2 Å². The molecule has 0 saturated carbocycles. The standard InChI is InChI=1S/C15H23N3O2/c1-17-6-8-18(9-7-17)11-12-10-13(19-2)4-5-14(12)15(16)20-3/h4-5,10,16H,6-9,11H2,1-3H3. The predicted octanol–water partition coefficient (Wildman–Crippen LogP) is 1.41. The van der Waals surface area contributed by atoms with Crippen LogP contribution in [0, 0.1) is 5.41 Å². The van der Waals surface area contributed by atoms with Crippen LogP contribution in [0.15, 0.2) is 18.2 Å². The Balaban J connectivity index is 2.17. The number of hydrogen-bond acceptors (Lipinski definition) is 5. The summed E-state index contributed by atoms with van der Waals surface area (Å²) in [6.45, 7) is 5.09. The molecule has 1 saturated heterocycles. The molecule has 0 amide bonds. The quantitative estimate of drug-likeness (QED) is 0.668. The van der Waals surface area contributed by atoms with Crippen LogP contribution >= 0.6 is 0 Å². The van der Waals surface area contributed by atoms with Crippen LogP contribution in [0.2, 0.25) is 0 Å². The number of likely N-dealkylation sites (N-methyl/N-ethyl adjacent to an activating group) is 1. The predicted molar refractivity (Wildman–Crippen MR) is 79.6 cm³/mol. The summed E-state index contributed by atoms with van der Waals surface area (Å²) in [5.74, 6) is 1.03. The molecule has 0 atom stereocenters. The number of benzene rings is 1. The molecule has 0 aromatic heterocycles. The van der Waals surface area contributed by atoms with E-state index in [4.69, 9.17) is 14.9 Å². The lowest BCUT2D eigenvalue weighted by atomic mass is 10.1. The summed E-state index contributed by atoms with van der Waals surface area (Å²) < 4.78 is 10.4. The fraction of sp³-hybridized carbons (Fsp3) is 0.533. The first kappa shape index (κ1) is 14.8. The molecule has 5 heteroatoms. The van der Waals surface area contributed by atoms with Crippen LogP contribution in [0.3, 0.4) is 0 Å². The van der Waals surface area contributed by atoms with E-state index in [1.54, 1.807) is 7.11 Å². The molecule has 1 aromatic rings. The smallest absolute Gasteiger partial charge is 0.213 e. The fourth-order valence-corrected chi connectivity index (χ4v) is 2.41. The van der Waals surface area contributed by atoms with E-state index in [1.165, 1.54) is 7.11 Å². The monoisotopic (exact) mass is 277 g/mol. The lowest BCUT2D eigenvalue weighted by Crippen LogP contribution is -2.44. The van der Waals surface area contributed by atoms with Crippen molar-refractivity contribution in [1.29, 1.82) is 5.41 Å². The van der Waals surface area contributed by atoms with Gasteiger partial charge in [-0.2, -0.15) is 0 Å². The van der Waals surface area contributed by atoms with E-state index in [1.807, 2.05) is 18.2 Å². The van der Waals surface area contributed by atoms with Gasteiger partial charge in [0.1, 0.15) is 5.75 Å². The van der Waals surface area contributed by atoms with Crippen LogP contribution in [-0.2, 0) is 11.3 Å². The average Bonchev–Trinajstić information content (AvgIpc) is 2.48. The van der Waals surface area contributed by atoms with E-state index in [-0.39, 0.29) is 5.90 Å². The number of methoxy groups -OCH3 is 2. The molecular formula is C15H23N3O2. The minimum Gasteiger partial charge on any atom is -0.497 e. The van der Waals surface area contributed by atoms with Gasteiger partial charge < -0.3 is 14.4 Å². The van der Waals surface area contributed by atoms with Gasteiger partial charge in [-0.25, -0.2) is 0 Å². The van der Waals surface area contributed by atoms with Crippen molar-refractivity contribution in [3.63, 3.8) is 0 Å². The summed E-state index contributed by atoms with van der Waals surface area (Å²) in [5.41, 5.74) is 1.92. The van der Waals surface area contributed by atoms with Crippen LogP contribution < -0.4 is 4.74 Å². The number of ether oxygens (including phenoxy) is 2. The number of hydrogen-bond donors (Lipinski definition) is 1. The maximum absolute atomic E-state index is 7.91. The molecule has 0 radical (unpaired) electrons. The van der Waals surface area contributed by atoms with Crippen molar-refractivity contribution in [3.05, 3.63) is 29.3 Å². The molecule has 1 aromatic carbocycles. The number of rotatable bonds is 4. The minimum atomic E-state index is 0.205. The third kappa shape index (κ3) is 3.49. The van der Waals surface area contributed by atoms with E-state index >= 15 is 0 Å². The average molecular weight is 277 g/mol. The summed E-state index contributed by atoms with van der Waals surface area (Å²) in [6, 6.07) is 5.77. The molecule has 1 aliphatic rings. The topological polar surface area (TPSA) is 48.8 Å². The molecule has 0 aliphatic carbocycles. The van der Waals surface area contributed by atoms with Gasteiger partial charge in [-0.3, -0.25) is 10.3 Å². The Morgan fingerprint density at radius 2 is 1.90 bits per heavy atom. The summed E-state index contributed by atoms with van der Waals surface area (Å²) in [7, 11) is 5.34. The van der Waals surface area contributed by atoms with Crippen molar-refractivity contribution in [2.45, 2.75) is 6.54 Å². The second kappa shape index (κ2) is 6.72. The van der Waals surface area contributed by atoms with Gasteiger partial charge in [0.2, 0.25) is 5.90 Å². The fourth-order valence-electron chi connectivity index (χ4n) is 2.41. The highest BCUT2D eigenvalue weighted by atomic mass is 16.5. The van der Waals surface area contributed by atoms with Crippen molar-refractivity contribution in [3.8, 4) is 5.75 Å². The molecule has 1 N–H and O–H groups in total. The zero-order valence-corrected chi connectivity index (χ0v) is 12.5. The van der Waals surface area contributed by atoms with E-state index in [0.717, 1.165) is 49.6 Å². The van der Waals surface area contributed by atoms with Crippen LogP contribution in [0.1, 0.15) is 11.1 Å². The first-order valence-electron chi connectivity index (χ1n) is 6.84. The summed E-state index contributed by atoms with van der Waals surface area (Å²) in [6.07, 6.45) is 0. The first-order valence-corrected chi connectivity index (χ1v) is 6.84. The van der Waals surface area contributed by atoms with Crippen molar-refractivity contribution in [2.75, 3.05) is 47.4 Å². The van der Waals surface area contributed by atoms with Gasteiger partial charge in [-0.05, 0) is 30.8 Å². The van der Waals surface area contributed by atoms with Crippen molar-refractivity contribution in [2.24, 2.45) is 0 Å². The number of nitrogens with one attached hydrogen (secondary N) is 1. The molecule has 110 valence electrons. The molecule has 0 unspecified atom stereocenters. The summed E-state index contributed by atoms with van der Waals surface area (Å²) in [5, 5.41) is 7.91. The Morgan fingerprint density at radius 1 is 1.20 bits per heavy atom. The molecule has 0 bridgehead atoms. The highest BCUT2D eigenvalue weighted by Crippen LogP contribution is 2.20. The summed E-state index contributed by atoms with van der Waals surface area (Å²) in [4.78, 5) is 4.74. The molecule has 2 rings (SSSR count). The normalized spacial score (nSPS) is 16.9. The largest absolute Gasteiger partial charge is 0.497 e. The van der Waals surface area contributed by atoms with Crippen molar-refractivity contribution in [1.82, 2.24) is 9.80 Å². The molecule has 20 heavy (non-hydrogen) atoms. The zero-order valence-electron chi connectivity index (χ0n) is 12.5. The van der Waals surface area contributed by atoms with E-state index in [2.05, 4.69) is 16.8 Å². The Labute approximate surface area is 120 Å². The van der Waals surface area contributed by atoms with Crippen LogP contribution in [0.5, 0.6) is 5.75 Å². The Hall–Kier alpha value is -1.59. The molecule has 5 nitrogen and oxygen atoms in total. The maximum Gasteiger partial charge on any atom is 0.213 e. The highest BCUT2D eigenvalue weighted by molar-refractivity contribution is 5.93. The number of piperazine rings is 1. The van der Waals surface area contributed by atoms with Gasteiger partial charge in [-0.15, -0.1) is 0 Å². The van der Waals surface area contributed by atoms with Gasteiger partial charge in [0.15, 0.2) is 0 Å². The van der Waals surface area contributed by atoms with Gasteiger partial charge >= 0.3 is 0 Å². The first-order chi connectivity index (χ1) is 9.63. The van der Waals surface area contributed by atoms with Crippen LogP contribution in [-0.4, -0.2) is 63.1 Å². The second-order valence-corrected chi connectivity index (χ2v) is 5.14. The number of nitrogens with zero attached hydrogens (tertiary/aromatic N) is 2. The third-order valence-corrected chi connectivity index (χ3v) is 3.75. The van der Waals surface area contributed by atoms with Crippen molar-refractivity contribution < 1.29 is 9.47 Å². The maximum atomic E-state index is 7.91. The highest BCUT2D eigenvalue weighted by Gasteiger charge is 2.17. The zero-order chi connectivity index (χ0) is 14.5. The lowest BCUT2D eigenvalue weighted by Gasteiger charge is -2.32. The van der Waals surface area contributed by atoms with Crippen LogP contribution in [0.4, 0.5) is 0 Å². The van der Waals surface area contributed by atoms with E-state index < -0.39 is 0 Å². The molecule has 1 aliphatic heterocycles. The molecule has 0 spiro atoms. The molecular weight excluding hydrogens is 254 g/mol. The van der Waals surface area contributed by atoms with Gasteiger partial charge in [0.25, 0.3) is 0 Å². The Kier molecular flexibility index (Phi) is 4.98. The van der Waals surface area contributed by atoms with E-state index in [9.17, 15) is 0 Å². The second-order valence-electron chi connectivity index (χ2n) is 5.14. The van der Waals surface area contributed by atoms with Gasteiger partial charge in [-0.1, -0.05) is 0 Å². The molecule has 1 fully saturated rings. The van der Waals surface area contributed by atoms with Gasteiger partial charge in [0, 0.05) is 38.3 Å².